The number of carbonyl (C=O) groups is 1. The van der Waals surface area contributed by atoms with Gasteiger partial charge in [-0.2, -0.15) is 0 Å². The summed E-state index contributed by atoms with van der Waals surface area (Å²) in [5.74, 6) is -0.391. The number of sulfonamides is 1. The van der Waals surface area contributed by atoms with Gasteiger partial charge < -0.3 is 0 Å². The lowest BCUT2D eigenvalue weighted by atomic mass is 9.99. The van der Waals surface area contributed by atoms with E-state index in [2.05, 4.69) is 0 Å². The molecule has 0 spiro atoms. The number of nitrogens with zero attached hydrogens (tertiary/aromatic N) is 1. The van der Waals surface area contributed by atoms with Crippen LogP contribution < -0.4 is 4.31 Å². The Morgan fingerprint density at radius 3 is 2.38 bits per heavy atom. The van der Waals surface area contributed by atoms with E-state index in [0.29, 0.717) is 0 Å². The van der Waals surface area contributed by atoms with Crippen LogP contribution in [-0.4, -0.2) is 26.4 Å². The highest BCUT2D eigenvalue weighted by Gasteiger charge is 2.40. The molecule has 6 heteroatoms. The average Bonchev–Trinajstić information content (AvgIpc) is 2.62. The molecule has 2 aromatic rings. The lowest BCUT2D eigenvalue weighted by molar-refractivity contribution is 0.0890. The average molecular weight is 347 g/mol. The molecule has 0 N–H and O–H groups in total. The topological polar surface area (TPSA) is 54.5 Å². The van der Waals surface area contributed by atoms with E-state index < -0.39 is 28.0 Å². The van der Waals surface area contributed by atoms with Gasteiger partial charge in [0.2, 0.25) is 0 Å². The van der Waals surface area contributed by atoms with E-state index >= 15 is 0 Å². The van der Waals surface area contributed by atoms with E-state index in [1.54, 1.807) is 30.3 Å². The highest BCUT2D eigenvalue weighted by molar-refractivity contribution is 7.92. The first-order valence-electron chi connectivity index (χ1n) is 7.61. The third-order valence-electron chi connectivity index (χ3n) is 4.08. The highest BCUT2D eigenvalue weighted by atomic mass is 32.2. The molecule has 0 fully saturated rings. The van der Waals surface area contributed by atoms with E-state index in [1.165, 1.54) is 25.1 Å². The van der Waals surface area contributed by atoms with Gasteiger partial charge in [0.15, 0.2) is 5.78 Å². The first-order valence-corrected chi connectivity index (χ1v) is 9.05. The lowest BCUT2D eigenvalue weighted by Gasteiger charge is -2.28. The van der Waals surface area contributed by atoms with Crippen molar-refractivity contribution in [3.63, 3.8) is 0 Å². The first kappa shape index (κ1) is 16.6. The second-order valence-corrected chi connectivity index (χ2v) is 8.22. The predicted molar refractivity (Wildman–Crippen MR) is 90.6 cm³/mol. The number of rotatable bonds is 2. The molecule has 1 aliphatic rings. The number of para-hydroxylation sites is 1. The van der Waals surface area contributed by atoms with Crippen molar-refractivity contribution in [1.29, 1.82) is 0 Å². The van der Waals surface area contributed by atoms with Crippen molar-refractivity contribution in [1.82, 2.24) is 0 Å². The maximum absolute atomic E-state index is 14.8. The van der Waals surface area contributed by atoms with Crippen molar-refractivity contribution in [3.8, 4) is 0 Å². The van der Waals surface area contributed by atoms with E-state index in [4.69, 9.17) is 0 Å². The minimum Gasteiger partial charge on any atom is -0.294 e. The normalized spacial score (nSPS) is 21.3. The second-order valence-electron chi connectivity index (χ2n) is 6.36. The summed E-state index contributed by atoms with van der Waals surface area (Å²) in [7, 11) is -3.97. The van der Waals surface area contributed by atoms with Crippen LogP contribution in [0, 0.1) is 6.92 Å². The van der Waals surface area contributed by atoms with Gasteiger partial charge in [0.05, 0.1) is 17.1 Å². The molecule has 0 amide bonds. The number of alkyl halides is 1. The third kappa shape index (κ3) is 2.94. The fourth-order valence-corrected chi connectivity index (χ4v) is 4.44. The number of aryl methyl sites for hydroxylation is 1. The Balaban J connectivity index is 2.18. The third-order valence-corrected chi connectivity index (χ3v) is 5.86. The molecule has 0 aliphatic carbocycles. The van der Waals surface area contributed by atoms with Crippen LogP contribution in [-0.2, 0) is 10.0 Å². The lowest BCUT2D eigenvalue weighted by Crippen LogP contribution is -2.40. The molecule has 0 bridgehead atoms. The van der Waals surface area contributed by atoms with Gasteiger partial charge in [0, 0.05) is 12.0 Å². The van der Waals surface area contributed by atoms with Crippen molar-refractivity contribution in [3.05, 3.63) is 59.7 Å². The molecule has 2 aromatic carbocycles. The number of halogens is 1. The minimum atomic E-state index is -3.97. The zero-order valence-corrected chi connectivity index (χ0v) is 14.3. The van der Waals surface area contributed by atoms with Crippen LogP contribution in [0.5, 0.6) is 0 Å². The summed E-state index contributed by atoms with van der Waals surface area (Å²) in [5, 5.41) is 0. The summed E-state index contributed by atoms with van der Waals surface area (Å²) in [6, 6.07) is 12.7. The van der Waals surface area contributed by atoms with Gasteiger partial charge in [0.25, 0.3) is 10.0 Å². The van der Waals surface area contributed by atoms with Crippen molar-refractivity contribution < 1.29 is 17.6 Å². The number of ketones is 1. The van der Waals surface area contributed by atoms with Crippen LogP contribution in [0.25, 0.3) is 0 Å². The SMILES string of the molecule is Cc1ccc(S(=O)(=O)N2CC(C)(F)CC(=O)c3ccccc32)cc1. The molecule has 1 heterocycles. The quantitative estimate of drug-likeness (QED) is 0.835. The first-order chi connectivity index (χ1) is 11.2. The number of Topliss-reactive ketones (excluding diaryl/α,β-unsaturated/α-hetero) is 1. The molecule has 1 aliphatic heterocycles. The fraction of sp³-hybridized carbons (Fsp3) is 0.278. The number of benzene rings is 2. The van der Waals surface area contributed by atoms with Crippen molar-refractivity contribution in [2.24, 2.45) is 0 Å². The molecule has 0 saturated heterocycles. The summed E-state index contributed by atoms with van der Waals surface area (Å²) in [6.07, 6.45) is -0.343. The molecule has 0 saturated carbocycles. The summed E-state index contributed by atoms with van der Waals surface area (Å²) in [6.45, 7) is 2.72. The molecule has 1 atom stereocenters. The molecular formula is C18H18FNO3S. The molecule has 0 radical (unpaired) electrons. The Bertz CT molecular complexity index is 889. The van der Waals surface area contributed by atoms with Crippen LogP contribution in [0.2, 0.25) is 0 Å². The number of fused-ring (bicyclic) bond motifs is 1. The molecule has 0 aromatic heterocycles. The van der Waals surface area contributed by atoms with Gasteiger partial charge >= 0.3 is 0 Å². The Labute approximate surface area is 141 Å². The molecular weight excluding hydrogens is 329 g/mol. The number of carbonyl (C=O) groups excluding carboxylic acids is 1. The van der Waals surface area contributed by atoms with Crippen molar-refractivity contribution >= 4 is 21.5 Å². The molecule has 24 heavy (non-hydrogen) atoms. The summed E-state index contributed by atoms with van der Waals surface area (Å²) in [4.78, 5) is 12.4. The molecule has 3 rings (SSSR count). The molecule has 126 valence electrons. The Hall–Kier alpha value is -2.21. The Morgan fingerprint density at radius 1 is 1.08 bits per heavy atom. The zero-order valence-electron chi connectivity index (χ0n) is 13.5. The summed E-state index contributed by atoms with van der Waals surface area (Å²) >= 11 is 0. The fourth-order valence-electron chi connectivity index (χ4n) is 2.85. The monoisotopic (exact) mass is 347 g/mol. The van der Waals surface area contributed by atoms with Gasteiger partial charge in [-0.05, 0) is 38.1 Å². The highest BCUT2D eigenvalue weighted by Crippen LogP contribution is 2.35. The Kier molecular flexibility index (Phi) is 3.95. The van der Waals surface area contributed by atoms with Gasteiger partial charge in [-0.15, -0.1) is 0 Å². The van der Waals surface area contributed by atoms with Crippen LogP contribution in [0.15, 0.2) is 53.4 Å². The van der Waals surface area contributed by atoms with E-state index in [0.717, 1.165) is 9.87 Å². The van der Waals surface area contributed by atoms with Crippen LogP contribution in [0.3, 0.4) is 0 Å². The number of hydrogen-bond acceptors (Lipinski definition) is 3. The maximum atomic E-state index is 14.8. The predicted octanol–water partition coefficient (Wildman–Crippen LogP) is 3.50. The van der Waals surface area contributed by atoms with Gasteiger partial charge in [-0.3, -0.25) is 9.10 Å². The van der Waals surface area contributed by atoms with Crippen molar-refractivity contribution in [2.45, 2.75) is 30.8 Å². The van der Waals surface area contributed by atoms with E-state index in [-0.39, 0.29) is 22.6 Å². The van der Waals surface area contributed by atoms with E-state index in [1.807, 2.05) is 6.92 Å². The van der Waals surface area contributed by atoms with Gasteiger partial charge in [-0.1, -0.05) is 29.8 Å². The number of anilines is 1. The minimum absolute atomic E-state index is 0.0769. The van der Waals surface area contributed by atoms with Crippen molar-refractivity contribution in [2.75, 3.05) is 10.8 Å². The largest absolute Gasteiger partial charge is 0.294 e. The molecule has 4 nitrogen and oxygen atoms in total. The van der Waals surface area contributed by atoms with E-state index in [9.17, 15) is 17.6 Å². The number of hydrogen-bond donors (Lipinski definition) is 0. The zero-order chi connectivity index (χ0) is 17.5. The van der Waals surface area contributed by atoms with Gasteiger partial charge in [0.1, 0.15) is 5.67 Å². The van der Waals surface area contributed by atoms with Crippen LogP contribution >= 0.6 is 0 Å². The second kappa shape index (κ2) is 5.70. The summed E-state index contributed by atoms with van der Waals surface area (Å²) < 4.78 is 41.9. The van der Waals surface area contributed by atoms with Crippen LogP contribution in [0.4, 0.5) is 10.1 Å². The molecule has 1 unspecified atom stereocenters. The summed E-state index contributed by atoms with van der Waals surface area (Å²) in [5.41, 5.74) is -0.553. The van der Waals surface area contributed by atoms with Crippen LogP contribution in [0.1, 0.15) is 29.3 Å². The Morgan fingerprint density at radius 2 is 1.71 bits per heavy atom. The smallest absolute Gasteiger partial charge is 0.264 e. The maximum Gasteiger partial charge on any atom is 0.264 e. The van der Waals surface area contributed by atoms with Gasteiger partial charge in [-0.25, -0.2) is 12.8 Å². The standard InChI is InChI=1S/C18H18FNO3S/c1-13-7-9-14(10-8-13)24(22,23)20-12-18(2,19)11-17(21)15-5-3-4-6-16(15)20/h3-10H,11-12H2,1-2H3.